The number of thioether (sulfide) groups is 1. The number of carbonyl (C=O) groups is 8. The summed E-state index contributed by atoms with van der Waals surface area (Å²) in [5.41, 5.74) is 5.83. The molecule has 1 unspecified atom stereocenters. The van der Waals surface area contributed by atoms with Gasteiger partial charge in [-0.05, 0) is 24.8 Å². The Labute approximate surface area is 279 Å². The molecule has 260 valence electrons. The molecule has 1 aromatic rings. The van der Waals surface area contributed by atoms with Crippen LogP contribution >= 0.6 is 11.8 Å². The number of primary amides is 1. The van der Waals surface area contributed by atoms with Crippen LogP contribution in [0.3, 0.4) is 0 Å². The van der Waals surface area contributed by atoms with Crippen molar-refractivity contribution in [2.24, 2.45) is 11.7 Å². The van der Waals surface area contributed by atoms with E-state index in [1.807, 2.05) is 6.92 Å². The third-order valence-electron chi connectivity index (χ3n) is 6.86. The normalized spacial score (nSPS) is 11.7. The number of unbranched alkanes of at least 4 members (excludes halogenated alkanes) is 2. The van der Waals surface area contributed by atoms with Crippen LogP contribution in [0.25, 0.3) is 0 Å². The van der Waals surface area contributed by atoms with E-state index in [9.17, 15) is 38.4 Å². The number of hydrogen-bond donors (Lipinski definition) is 6. The zero-order valence-corrected chi connectivity index (χ0v) is 27.8. The lowest BCUT2D eigenvalue weighted by atomic mass is 10.1. The van der Waals surface area contributed by atoms with Crippen molar-refractivity contribution in [3.8, 4) is 0 Å². The molecule has 2 atom stereocenters. The average molecular weight is 678 g/mol. The fourth-order valence-electron chi connectivity index (χ4n) is 3.96. The van der Waals surface area contributed by atoms with Gasteiger partial charge in [-0.3, -0.25) is 43.3 Å². The van der Waals surface area contributed by atoms with Crippen molar-refractivity contribution in [3.63, 3.8) is 0 Å². The molecule has 47 heavy (non-hydrogen) atoms. The van der Waals surface area contributed by atoms with Crippen LogP contribution in [0.5, 0.6) is 0 Å². The van der Waals surface area contributed by atoms with Crippen LogP contribution < -0.4 is 32.3 Å². The van der Waals surface area contributed by atoms with E-state index in [-0.39, 0.29) is 62.5 Å². The number of nitrogens with two attached hydrogens (primary N) is 1. The third-order valence-corrected chi connectivity index (χ3v) is 7.70. The van der Waals surface area contributed by atoms with E-state index in [0.717, 1.165) is 10.5 Å². The predicted octanol–water partition coefficient (Wildman–Crippen LogP) is -0.664. The van der Waals surface area contributed by atoms with Crippen LogP contribution in [0.4, 0.5) is 0 Å². The van der Waals surface area contributed by atoms with Crippen molar-refractivity contribution in [1.29, 1.82) is 0 Å². The number of benzene rings is 1. The summed E-state index contributed by atoms with van der Waals surface area (Å²) in [5, 5.41) is 12.5. The Bertz CT molecular complexity index is 1200. The molecule has 0 radical (unpaired) electrons. The van der Waals surface area contributed by atoms with Crippen LogP contribution in [-0.2, 0) is 44.8 Å². The topological polar surface area (TPSA) is 226 Å². The quantitative estimate of drug-likeness (QED) is 0.0463. The number of rotatable bonds is 24. The minimum absolute atomic E-state index is 0.133. The second-order valence-electron chi connectivity index (χ2n) is 10.7. The summed E-state index contributed by atoms with van der Waals surface area (Å²) in [7, 11) is 0. The molecular formula is C31H47N7O8S. The van der Waals surface area contributed by atoms with Crippen molar-refractivity contribution in [1.82, 2.24) is 31.5 Å². The molecule has 0 aliphatic heterocycles. The number of amides is 8. The molecule has 0 aliphatic rings. The van der Waals surface area contributed by atoms with E-state index < -0.39 is 42.1 Å². The molecule has 16 heteroatoms. The molecule has 0 spiro atoms. The molecule has 0 fully saturated rings. The largest absolute Gasteiger partial charge is 0.370 e. The summed E-state index contributed by atoms with van der Waals surface area (Å²) < 4.78 is 0. The van der Waals surface area contributed by atoms with E-state index in [1.54, 1.807) is 37.3 Å². The molecule has 0 aromatic heterocycles. The molecule has 0 saturated carbocycles. The van der Waals surface area contributed by atoms with E-state index in [1.165, 1.54) is 11.8 Å². The lowest BCUT2D eigenvalue weighted by Gasteiger charge is -2.19. The zero-order valence-electron chi connectivity index (χ0n) is 27.0. The summed E-state index contributed by atoms with van der Waals surface area (Å²) in [4.78, 5) is 97.1. The predicted molar refractivity (Wildman–Crippen MR) is 176 cm³/mol. The van der Waals surface area contributed by atoms with Gasteiger partial charge in [-0.1, -0.05) is 50.6 Å². The van der Waals surface area contributed by atoms with Gasteiger partial charge in [0.05, 0.1) is 25.5 Å². The Morgan fingerprint density at radius 1 is 0.830 bits per heavy atom. The van der Waals surface area contributed by atoms with Gasteiger partial charge in [-0.25, -0.2) is 0 Å². The lowest BCUT2D eigenvalue weighted by molar-refractivity contribution is -0.141. The van der Waals surface area contributed by atoms with Crippen LogP contribution in [0.1, 0.15) is 57.9 Å². The Balaban J connectivity index is 2.43. The monoisotopic (exact) mass is 677 g/mol. The van der Waals surface area contributed by atoms with Gasteiger partial charge in [-0.2, -0.15) is 0 Å². The molecule has 1 aromatic carbocycles. The van der Waals surface area contributed by atoms with Crippen molar-refractivity contribution >= 4 is 59.5 Å². The molecule has 1 rings (SSSR count). The molecular weight excluding hydrogens is 630 g/mol. The highest BCUT2D eigenvalue weighted by molar-refractivity contribution is 7.99. The molecule has 0 bridgehead atoms. The van der Waals surface area contributed by atoms with Crippen molar-refractivity contribution < 1.29 is 38.4 Å². The third kappa shape index (κ3) is 18.9. The Morgan fingerprint density at radius 2 is 1.47 bits per heavy atom. The van der Waals surface area contributed by atoms with E-state index in [2.05, 4.69) is 26.6 Å². The average Bonchev–Trinajstić information content (AvgIpc) is 3.06. The first-order valence-corrected chi connectivity index (χ1v) is 16.6. The van der Waals surface area contributed by atoms with Gasteiger partial charge in [0.15, 0.2) is 0 Å². The highest BCUT2D eigenvalue weighted by Crippen LogP contribution is 2.08. The molecule has 0 heterocycles. The van der Waals surface area contributed by atoms with Crippen molar-refractivity contribution in [3.05, 3.63) is 35.9 Å². The van der Waals surface area contributed by atoms with Crippen LogP contribution in [0, 0.1) is 5.92 Å². The minimum atomic E-state index is -1.04. The van der Waals surface area contributed by atoms with Gasteiger partial charge >= 0.3 is 0 Å². The van der Waals surface area contributed by atoms with E-state index in [4.69, 9.17) is 5.73 Å². The van der Waals surface area contributed by atoms with E-state index >= 15 is 0 Å². The summed E-state index contributed by atoms with van der Waals surface area (Å²) in [6.07, 6.45) is 3.30. The molecule has 0 saturated heterocycles. The summed E-state index contributed by atoms with van der Waals surface area (Å²) in [5.74, 6) is -2.88. The fraction of sp³-hybridized carbons (Fsp3) is 0.548. The van der Waals surface area contributed by atoms with Gasteiger partial charge < -0.3 is 32.3 Å². The van der Waals surface area contributed by atoms with Gasteiger partial charge in [0.25, 0.3) is 0 Å². The first-order chi connectivity index (χ1) is 22.5. The lowest BCUT2D eigenvalue weighted by Crippen LogP contribution is -2.52. The maximum atomic E-state index is 12.9. The Kier molecular flexibility index (Phi) is 20.5. The highest BCUT2D eigenvalue weighted by Gasteiger charge is 2.22. The maximum absolute atomic E-state index is 12.9. The smallest absolute Gasteiger partial charge is 0.243 e. The number of nitrogens with one attached hydrogen (secondary N) is 5. The fourth-order valence-corrected chi connectivity index (χ4v) is 4.71. The van der Waals surface area contributed by atoms with Crippen molar-refractivity contribution in [2.75, 3.05) is 37.8 Å². The Morgan fingerprint density at radius 3 is 2.13 bits per heavy atom. The van der Waals surface area contributed by atoms with Gasteiger partial charge in [0, 0.05) is 37.5 Å². The molecule has 7 N–H and O–H groups in total. The zero-order chi connectivity index (χ0) is 35.0. The summed E-state index contributed by atoms with van der Waals surface area (Å²) in [6.45, 7) is 2.79. The van der Waals surface area contributed by atoms with Crippen LogP contribution in [0.15, 0.2) is 30.3 Å². The molecule has 8 amide bonds. The minimum Gasteiger partial charge on any atom is -0.370 e. The van der Waals surface area contributed by atoms with Crippen molar-refractivity contribution in [2.45, 2.75) is 64.8 Å². The molecule has 15 nitrogen and oxygen atoms in total. The number of nitrogens with zero attached hydrogens (tertiary/aromatic N) is 1. The number of hydrogen-bond acceptors (Lipinski definition) is 9. The van der Waals surface area contributed by atoms with Gasteiger partial charge in [0.1, 0.15) is 6.04 Å². The highest BCUT2D eigenvalue weighted by atomic mass is 32.2. The van der Waals surface area contributed by atoms with Crippen LogP contribution in [0.2, 0.25) is 0 Å². The summed E-state index contributed by atoms with van der Waals surface area (Å²) >= 11 is 1.30. The second-order valence-corrected chi connectivity index (χ2v) is 11.8. The maximum Gasteiger partial charge on any atom is 0.243 e. The van der Waals surface area contributed by atoms with Gasteiger partial charge in [0.2, 0.25) is 47.8 Å². The van der Waals surface area contributed by atoms with Gasteiger partial charge in [-0.15, -0.1) is 11.8 Å². The number of carbonyl (C=O) groups excluding carboxylic acids is 8. The second kappa shape index (κ2) is 23.8. The number of imide groups is 1. The first-order valence-electron chi connectivity index (χ1n) is 15.5. The SMILES string of the molecule is CCC(C)C(=O)N(C=O)CCCCCC(=O)NCC(=O)NCC(=O)N[C@@H](Cc1ccccc1)C(=O)NCC(=O)NCSCCC(N)=O. The standard InChI is InChI=1S/C31H47N7O8S/c1-3-22(2)31(46)38(21-39)14-9-5-8-12-26(41)33-17-27(42)34-19-29(44)37-24(16-23-10-6-4-7-11-23)30(45)35-18-28(43)36-20-47-15-13-25(32)40/h4,6-7,10-11,21-22,24H,3,5,8-9,12-20H2,1-2H3,(H2,32,40)(H,33,41)(H,34,42)(H,35,45)(H,36,43)(H,37,44)/t22?,24-/m0/s1. The van der Waals surface area contributed by atoms with Crippen LogP contribution in [-0.4, -0.2) is 96.5 Å². The molecule has 0 aliphatic carbocycles. The van der Waals surface area contributed by atoms with E-state index in [0.29, 0.717) is 37.8 Å². The summed E-state index contributed by atoms with van der Waals surface area (Å²) in [6, 6.07) is 7.89. The first kappa shape index (κ1) is 40.6. The Hall–Kier alpha value is -4.47.